The van der Waals surface area contributed by atoms with Crippen molar-refractivity contribution in [2.75, 3.05) is 0 Å². The number of carbonyl (C=O) groups excluding carboxylic acids is 1. The van der Waals surface area contributed by atoms with Crippen LogP contribution in [0.2, 0.25) is 0 Å². The largest absolute Gasteiger partial charge is 0.295 e. The van der Waals surface area contributed by atoms with Crippen LogP contribution in [0.3, 0.4) is 0 Å². The first kappa shape index (κ1) is 20.3. The summed E-state index contributed by atoms with van der Waals surface area (Å²) in [6.45, 7) is 1.40. The van der Waals surface area contributed by atoms with Gasteiger partial charge in [-0.15, -0.1) is 0 Å². The van der Waals surface area contributed by atoms with Crippen LogP contribution in [0.25, 0.3) is 0 Å². The van der Waals surface area contributed by atoms with Crippen LogP contribution in [0, 0.1) is 0 Å². The van der Waals surface area contributed by atoms with E-state index in [4.69, 9.17) is 0 Å². The number of rotatable bonds is 5. The Morgan fingerprint density at radius 3 is 2.03 bits per heavy atom. The van der Waals surface area contributed by atoms with Gasteiger partial charge in [-0.25, -0.2) is 16.8 Å². The normalized spacial score (nSPS) is 25.1. The van der Waals surface area contributed by atoms with E-state index in [2.05, 4.69) is 0 Å². The summed E-state index contributed by atoms with van der Waals surface area (Å²) in [5, 5.41) is -0.586. The first-order valence-corrected chi connectivity index (χ1v) is 12.6. The standard InChI is InChI=1S/C21H23NO5S2/c1-15(23)16-6-5-9-20(12-16)29(26,27)22-17-10-11-18(22)14-21(13-17)28(24,25)19-7-3-2-4-8-19/h2-9,12,17-18,21H,10-11,13-14H2,1H3/t17-,18+,21?. The summed E-state index contributed by atoms with van der Waals surface area (Å²) in [7, 11) is -7.31. The van der Waals surface area contributed by atoms with Crippen molar-refractivity contribution in [1.29, 1.82) is 0 Å². The van der Waals surface area contributed by atoms with Gasteiger partial charge >= 0.3 is 0 Å². The Morgan fingerprint density at radius 2 is 1.45 bits per heavy atom. The molecule has 6 nitrogen and oxygen atoms in total. The molecule has 2 saturated heterocycles. The number of nitrogens with zero attached hydrogens (tertiary/aromatic N) is 1. The van der Waals surface area contributed by atoms with E-state index in [0.29, 0.717) is 31.2 Å². The van der Waals surface area contributed by atoms with Gasteiger partial charge in [-0.1, -0.05) is 30.3 Å². The average Bonchev–Trinajstić information content (AvgIpc) is 2.99. The SMILES string of the molecule is CC(=O)c1cccc(S(=O)(=O)N2[C@@H]3CC[C@H]2CC(S(=O)(=O)c2ccccc2)C3)c1. The molecule has 2 aromatic carbocycles. The van der Waals surface area contributed by atoms with Gasteiger partial charge in [-0.3, -0.25) is 4.79 Å². The van der Waals surface area contributed by atoms with Crippen LogP contribution in [0.1, 0.15) is 43.0 Å². The zero-order valence-electron chi connectivity index (χ0n) is 16.1. The molecule has 0 spiro atoms. The molecule has 0 saturated carbocycles. The van der Waals surface area contributed by atoms with Crippen LogP contribution < -0.4 is 0 Å². The van der Waals surface area contributed by atoms with E-state index in [-0.39, 0.29) is 27.7 Å². The molecule has 0 radical (unpaired) electrons. The molecule has 2 heterocycles. The molecule has 2 aromatic rings. The van der Waals surface area contributed by atoms with Gasteiger partial charge < -0.3 is 0 Å². The molecule has 3 atom stereocenters. The van der Waals surface area contributed by atoms with Crippen LogP contribution in [-0.4, -0.2) is 44.3 Å². The maximum Gasteiger partial charge on any atom is 0.243 e. The molecular formula is C21H23NO5S2. The van der Waals surface area contributed by atoms with E-state index in [1.807, 2.05) is 0 Å². The van der Waals surface area contributed by atoms with Gasteiger partial charge in [-0.05, 0) is 56.9 Å². The van der Waals surface area contributed by atoms with Crippen molar-refractivity contribution in [3.63, 3.8) is 0 Å². The van der Waals surface area contributed by atoms with Gasteiger partial charge in [0.2, 0.25) is 10.0 Å². The number of benzene rings is 2. The second kappa shape index (κ2) is 7.34. The van der Waals surface area contributed by atoms with E-state index in [1.165, 1.54) is 23.4 Å². The van der Waals surface area contributed by atoms with Gasteiger partial charge in [-0.2, -0.15) is 4.31 Å². The second-order valence-electron chi connectivity index (χ2n) is 7.76. The van der Waals surface area contributed by atoms with Gasteiger partial charge in [0.25, 0.3) is 0 Å². The smallest absolute Gasteiger partial charge is 0.243 e. The Hall–Kier alpha value is -2.03. The fourth-order valence-electron chi connectivity index (χ4n) is 4.53. The highest BCUT2D eigenvalue weighted by Gasteiger charge is 2.50. The second-order valence-corrected chi connectivity index (χ2v) is 11.8. The Morgan fingerprint density at radius 1 is 0.862 bits per heavy atom. The van der Waals surface area contributed by atoms with Gasteiger partial charge in [0.05, 0.1) is 15.0 Å². The predicted octanol–water partition coefficient (Wildman–Crippen LogP) is 3.05. The molecule has 29 heavy (non-hydrogen) atoms. The number of ketones is 1. The minimum Gasteiger partial charge on any atom is -0.295 e. The predicted molar refractivity (Wildman–Crippen MR) is 109 cm³/mol. The number of carbonyl (C=O) groups is 1. The number of Topliss-reactive ketones (excluding diaryl/α,β-unsaturated/α-hetero) is 1. The summed E-state index contributed by atoms with van der Waals surface area (Å²) >= 11 is 0. The number of sulfone groups is 1. The first-order valence-electron chi connectivity index (χ1n) is 9.65. The van der Waals surface area contributed by atoms with Crippen molar-refractivity contribution in [1.82, 2.24) is 4.31 Å². The quantitative estimate of drug-likeness (QED) is 0.676. The Labute approximate surface area is 171 Å². The molecule has 0 N–H and O–H groups in total. The Kier molecular flexibility index (Phi) is 5.13. The lowest BCUT2D eigenvalue weighted by molar-refractivity contribution is 0.101. The molecule has 4 rings (SSSR count). The number of hydrogen-bond donors (Lipinski definition) is 0. The average molecular weight is 434 g/mol. The topological polar surface area (TPSA) is 88.6 Å². The maximum absolute atomic E-state index is 13.3. The minimum absolute atomic E-state index is 0.0893. The van der Waals surface area contributed by atoms with Crippen molar-refractivity contribution in [2.24, 2.45) is 0 Å². The Balaban J connectivity index is 1.63. The molecule has 2 aliphatic rings. The molecule has 0 aliphatic carbocycles. The van der Waals surface area contributed by atoms with E-state index in [9.17, 15) is 21.6 Å². The van der Waals surface area contributed by atoms with E-state index in [0.717, 1.165) is 0 Å². The lowest BCUT2D eigenvalue weighted by Crippen LogP contribution is -2.49. The van der Waals surface area contributed by atoms with E-state index >= 15 is 0 Å². The fourth-order valence-corrected chi connectivity index (χ4v) is 8.34. The highest BCUT2D eigenvalue weighted by atomic mass is 32.2. The lowest BCUT2D eigenvalue weighted by Gasteiger charge is -2.37. The number of sulfonamides is 1. The molecule has 0 aromatic heterocycles. The summed E-state index contributed by atoms with van der Waals surface area (Å²) in [5.41, 5.74) is 0.347. The third-order valence-corrected chi connectivity index (χ3v) is 10.1. The molecule has 2 aliphatic heterocycles. The Bertz CT molecular complexity index is 1130. The monoisotopic (exact) mass is 433 g/mol. The summed E-state index contributed by atoms with van der Waals surface area (Å²) < 4.78 is 54.2. The zero-order valence-corrected chi connectivity index (χ0v) is 17.7. The molecule has 0 amide bonds. The minimum atomic E-state index is -3.80. The van der Waals surface area contributed by atoms with Gasteiger partial charge in [0.1, 0.15) is 0 Å². The number of hydrogen-bond acceptors (Lipinski definition) is 5. The van der Waals surface area contributed by atoms with Crippen molar-refractivity contribution >= 4 is 25.6 Å². The number of piperidine rings is 1. The van der Waals surface area contributed by atoms with Crippen LogP contribution in [0.5, 0.6) is 0 Å². The number of fused-ring (bicyclic) bond motifs is 2. The molecule has 2 bridgehead atoms. The molecule has 154 valence electrons. The van der Waals surface area contributed by atoms with Crippen LogP contribution in [0.4, 0.5) is 0 Å². The van der Waals surface area contributed by atoms with E-state index in [1.54, 1.807) is 42.5 Å². The van der Waals surface area contributed by atoms with Gasteiger partial charge in [0.15, 0.2) is 15.6 Å². The summed E-state index contributed by atoms with van der Waals surface area (Å²) in [4.78, 5) is 12.0. The lowest BCUT2D eigenvalue weighted by atomic mass is 10.1. The van der Waals surface area contributed by atoms with Crippen molar-refractivity contribution in [2.45, 2.75) is 59.7 Å². The summed E-state index contributed by atoms with van der Waals surface area (Å²) in [6, 6.07) is 13.7. The van der Waals surface area contributed by atoms with Crippen LogP contribution in [0.15, 0.2) is 64.4 Å². The maximum atomic E-state index is 13.3. The van der Waals surface area contributed by atoms with Crippen molar-refractivity contribution in [3.05, 3.63) is 60.2 Å². The van der Waals surface area contributed by atoms with Crippen molar-refractivity contribution in [3.8, 4) is 0 Å². The fraction of sp³-hybridized carbons (Fsp3) is 0.381. The highest BCUT2D eigenvalue weighted by Crippen LogP contribution is 2.42. The van der Waals surface area contributed by atoms with E-state index < -0.39 is 25.1 Å². The van der Waals surface area contributed by atoms with Crippen molar-refractivity contribution < 1.29 is 21.6 Å². The van der Waals surface area contributed by atoms with Gasteiger partial charge in [0, 0.05) is 17.6 Å². The zero-order chi connectivity index (χ0) is 20.8. The molecule has 1 unspecified atom stereocenters. The third-order valence-electron chi connectivity index (χ3n) is 5.95. The molecule has 2 fully saturated rings. The first-order chi connectivity index (χ1) is 13.7. The third kappa shape index (κ3) is 3.53. The van der Waals surface area contributed by atoms with Crippen LogP contribution >= 0.6 is 0 Å². The summed E-state index contributed by atoms with van der Waals surface area (Å²) in [6.07, 6.45) is 1.88. The van der Waals surface area contributed by atoms with Crippen LogP contribution in [-0.2, 0) is 19.9 Å². The molecule has 8 heteroatoms. The summed E-state index contributed by atoms with van der Waals surface area (Å²) in [5.74, 6) is -0.197. The molecular weight excluding hydrogens is 410 g/mol. The highest BCUT2D eigenvalue weighted by molar-refractivity contribution is 7.92.